The fraction of sp³-hybridized carbons (Fsp3) is 0.250. The van der Waals surface area contributed by atoms with Gasteiger partial charge in [0.15, 0.2) is 0 Å². The highest BCUT2D eigenvalue weighted by molar-refractivity contribution is 6.30. The number of carbonyl (C=O) groups is 1. The molecular formula is C16H16ClN3O. The summed E-state index contributed by atoms with van der Waals surface area (Å²) in [5.74, 6) is -0.231. The molecule has 0 spiro atoms. The largest absolute Gasteiger partial charge is 0.370 e. The first kappa shape index (κ1) is 13.9. The second-order valence-corrected chi connectivity index (χ2v) is 5.50. The fourth-order valence-corrected chi connectivity index (χ4v) is 2.63. The third-order valence-corrected chi connectivity index (χ3v) is 3.77. The number of benzene rings is 1. The molecule has 0 radical (unpaired) electrons. The molecule has 1 amide bonds. The SMILES string of the molecule is O=C(Nc1cccc(Cl)c1)c1ccc(N2CCCC2)cn1. The number of pyridine rings is 1. The van der Waals surface area contributed by atoms with Gasteiger partial charge in [0.1, 0.15) is 5.69 Å². The Morgan fingerprint density at radius 3 is 2.67 bits per heavy atom. The second-order valence-electron chi connectivity index (χ2n) is 5.06. The summed E-state index contributed by atoms with van der Waals surface area (Å²) in [4.78, 5) is 18.7. The molecule has 1 aromatic heterocycles. The van der Waals surface area contributed by atoms with Gasteiger partial charge in [-0.05, 0) is 43.2 Å². The van der Waals surface area contributed by atoms with Crippen LogP contribution in [-0.2, 0) is 0 Å². The molecule has 0 bridgehead atoms. The van der Waals surface area contributed by atoms with Crippen molar-refractivity contribution in [3.8, 4) is 0 Å². The van der Waals surface area contributed by atoms with Gasteiger partial charge < -0.3 is 10.2 Å². The Balaban J connectivity index is 1.70. The van der Waals surface area contributed by atoms with Crippen LogP contribution in [0.15, 0.2) is 42.6 Å². The quantitative estimate of drug-likeness (QED) is 0.942. The number of nitrogens with one attached hydrogen (secondary N) is 1. The molecule has 21 heavy (non-hydrogen) atoms. The first-order chi connectivity index (χ1) is 10.2. The molecule has 1 N–H and O–H groups in total. The Kier molecular flexibility index (Phi) is 4.06. The fourth-order valence-electron chi connectivity index (χ4n) is 2.44. The maximum Gasteiger partial charge on any atom is 0.274 e. The number of rotatable bonds is 3. The van der Waals surface area contributed by atoms with Crippen molar-refractivity contribution in [1.29, 1.82) is 0 Å². The summed E-state index contributed by atoms with van der Waals surface area (Å²) in [6.45, 7) is 2.13. The monoisotopic (exact) mass is 301 g/mol. The maximum absolute atomic E-state index is 12.1. The molecule has 1 saturated heterocycles. The molecule has 0 aliphatic carbocycles. The molecule has 108 valence electrons. The van der Waals surface area contributed by atoms with Gasteiger partial charge in [0.25, 0.3) is 5.91 Å². The molecule has 1 aromatic carbocycles. The Morgan fingerprint density at radius 1 is 1.19 bits per heavy atom. The van der Waals surface area contributed by atoms with Gasteiger partial charge in [0.05, 0.1) is 11.9 Å². The zero-order valence-electron chi connectivity index (χ0n) is 11.6. The summed E-state index contributed by atoms with van der Waals surface area (Å²) >= 11 is 5.90. The predicted octanol–water partition coefficient (Wildman–Crippen LogP) is 3.59. The number of amides is 1. The molecule has 0 atom stereocenters. The minimum atomic E-state index is -0.231. The van der Waals surface area contributed by atoms with Crippen LogP contribution in [0, 0.1) is 0 Å². The zero-order valence-corrected chi connectivity index (χ0v) is 12.3. The van der Waals surface area contributed by atoms with E-state index in [4.69, 9.17) is 11.6 Å². The minimum absolute atomic E-state index is 0.231. The smallest absolute Gasteiger partial charge is 0.274 e. The van der Waals surface area contributed by atoms with Gasteiger partial charge in [0.2, 0.25) is 0 Å². The Bertz CT molecular complexity index is 636. The van der Waals surface area contributed by atoms with Crippen LogP contribution in [0.4, 0.5) is 11.4 Å². The molecule has 3 rings (SSSR count). The van der Waals surface area contributed by atoms with Gasteiger partial charge >= 0.3 is 0 Å². The summed E-state index contributed by atoms with van der Waals surface area (Å²) in [7, 11) is 0. The van der Waals surface area contributed by atoms with Crippen molar-refractivity contribution >= 4 is 28.9 Å². The van der Waals surface area contributed by atoms with Crippen molar-refractivity contribution in [2.45, 2.75) is 12.8 Å². The van der Waals surface area contributed by atoms with Crippen molar-refractivity contribution in [1.82, 2.24) is 4.98 Å². The van der Waals surface area contributed by atoms with Gasteiger partial charge in [0, 0.05) is 23.8 Å². The van der Waals surface area contributed by atoms with Gasteiger partial charge in [-0.2, -0.15) is 0 Å². The maximum atomic E-state index is 12.1. The van der Waals surface area contributed by atoms with Crippen LogP contribution in [0.3, 0.4) is 0 Å². The number of aromatic nitrogens is 1. The number of hydrogen-bond acceptors (Lipinski definition) is 3. The molecule has 2 heterocycles. The molecular weight excluding hydrogens is 286 g/mol. The van der Waals surface area contributed by atoms with Gasteiger partial charge in [-0.25, -0.2) is 4.98 Å². The number of halogens is 1. The van der Waals surface area contributed by atoms with E-state index in [-0.39, 0.29) is 5.91 Å². The first-order valence-electron chi connectivity index (χ1n) is 7.00. The highest BCUT2D eigenvalue weighted by Gasteiger charge is 2.14. The van der Waals surface area contributed by atoms with Crippen LogP contribution < -0.4 is 10.2 Å². The van der Waals surface area contributed by atoms with Crippen LogP contribution in [0.5, 0.6) is 0 Å². The summed E-state index contributed by atoms with van der Waals surface area (Å²) in [6, 6.07) is 10.8. The standard InChI is InChI=1S/C16H16ClN3O/c17-12-4-3-5-13(10-12)19-16(21)15-7-6-14(11-18-15)20-8-1-2-9-20/h3-7,10-11H,1-2,8-9H2,(H,19,21). The van der Waals surface area contributed by atoms with Crippen molar-refractivity contribution in [2.24, 2.45) is 0 Å². The van der Waals surface area contributed by atoms with Gasteiger partial charge in [-0.15, -0.1) is 0 Å². The van der Waals surface area contributed by atoms with E-state index in [1.54, 1.807) is 36.5 Å². The van der Waals surface area contributed by atoms with Crippen molar-refractivity contribution < 1.29 is 4.79 Å². The normalized spacial score (nSPS) is 14.2. The highest BCUT2D eigenvalue weighted by atomic mass is 35.5. The molecule has 1 aliphatic heterocycles. The van der Waals surface area contributed by atoms with E-state index in [0.717, 1.165) is 18.8 Å². The number of hydrogen-bond donors (Lipinski definition) is 1. The van der Waals surface area contributed by atoms with E-state index < -0.39 is 0 Å². The van der Waals surface area contributed by atoms with Crippen LogP contribution in [-0.4, -0.2) is 24.0 Å². The van der Waals surface area contributed by atoms with Crippen LogP contribution in [0.1, 0.15) is 23.3 Å². The lowest BCUT2D eigenvalue weighted by atomic mass is 10.2. The van der Waals surface area contributed by atoms with Crippen molar-refractivity contribution in [3.05, 3.63) is 53.3 Å². The second kappa shape index (κ2) is 6.14. The van der Waals surface area contributed by atoms with Crippen LogP contribution >= 0.6 is 11.6 Å². The third kappa shape index (κ3) is 3.34. The van der Waals surface area contributed by atoms with E-state index in [2.05, 4.69) is 15.2 Å². The highest BCUT2D eigenvalue weighted by Crippen LogP contribution is 2.20. The average Bonchev–Trinajstić information content (AvgIpc) is 3.01. The summed E-state index contributed by atoms with van der Waals surface area (Å²) < 4.78 is 0. The van der Waals surface area contributed by atoms with E-state index >= 15 is 0 Å². The summed E-state index contributed by atoms with van der Waals surface area (Å²) in [5, 5.41) is 3.38. The lowest BCUT2D eigenvalue weighted by Gasteiger charge is -2.16. The minimum Gasteiger partial charge on any atom is -0.370 e. The van der Waals surface area contributed by atoms with Crippen LogP contribution in [0.2, 0.25) is 5.02 Å². The van der Waals surface area contributed by atoms with Crippen LogP contribution in [0.25, 0.3) is 0 Å². The molecule has 0 unspecified atom stereocenters. The molecule has 5 heteroatoms. The average molecular weight is 302 g/mol. The summed E-state index contributed by atoms with van der Waals surface area (Å²) in [5.41, 5.74) is 2.14. The number of anilines is 2. The zero-order chi connectivity index (χ0) is 14.7. The number of carbonyl (C=O) groups excluding carboxylic acids is 1. The van der Waals surface area contributed by atoms with Gasteiger partial charge in [-0.3, -0.25) is 4.79 Å². The number of nitrogens with zero attached hydrogens (tertiary/aromatic N) is 2. The van der Waals surface area contributed by atoms with Gasteiger partial charge in [-0.1, -0.05) is 17.7 Å². The molecule has 0 saturated carbocycles. The van der Waals surface area contributed by atoms with E-state index in [0.29, 0.717) is 16.4 Å². The topological polar surface area (TPSA) is 45.2 Å². The lowest BCUT2D eigenvalue weighted by Crippen LogP contribution is -2.19. The van der Waals surface area contributed by atoms with E-state index in [1.807, 2.05) is 6.07 Å². The van der Waals surface area contributed by atoms with E-state index in [9.17, 15) is 4.79 Å². The Labute approximate surface area is 128 Å². The predicted molar refractivity (Wildman–Crippen MR) is 85.1 cm³/mol. The first-order valence-corrected chi connectivity index (χ1v) is 7.38. The lowest BCUT2D eigenvalue weighted by molar-refractivity contribution is 0.102. The summed E-state index contributed by atoms with van der Waals surface area (Å²) in [6.07, 6.45) is 4.20. The third-order valence-electron chi connectivity index (χ3n) is 3.53. The molecule has 1 aliphatic rings. The van der Waals surface area contributed by atoms with E-state index in [1.165, 1.54) is 12.8 Å². The van der Waals surface area contributed by atoms with Crippen molar-refractivity contribution in [2.75, 3.05) is 23.3 Å². The Morgan fingerprint density at radius 2 is 2.00 bits per heavy atom. The molecule has 1 fully saturated rings. The molecule has 2 aromatic rings. The molecule has 4 nitrogen and oxygen atoms in total. The Hall–Kier alpha value is -2.07. The van der Waals surface area contributed by atoms with Crippen molar-refractivity contribution in [3.63, 3.8) is 0 Å².